The van der Waals surface area contributed by atoms with Gasteiger partial charge in [0.05, 0.1) is 25.4 Å². The van der Waals surface area contributed by atoms with Crippen molar-refractivity contribution in [1.82, 2.24) is 0 Å². The summed E-state index contributed by atoms with van der Waals surface area (Å²) >= 11 is 0. The lowest BCUT2D eigenvalue weighted by molar-refractivity contribution is -0.193. The third-order valence-electron chi connectivity index (χ3n) is 8.40. The molecule has 0 aromatic rings. The average Bonchev–Trinajstić information content (AvgIpc) is 3.28. The Balaban J connectivity index is 1.75. The molecule has 3 aliphatic rings. The van der Waals surface area contributed by atoms with Crippen LogP contribution in [0.25, 0.3) is 0 Å². The number of methoxy groups -OCH3 is 1. The minimum Gasteiger partial charge on any atom is -0.466 e. The van der Waals surface area contributed by atoms with E-state index in [4.69, 9.17) is 23.1 Å². The van der Waals surface area contributed by atoms with Gasteiger partial charge in [0.15, 0.2) is 12.6 Å². The van der Waals surface area contributed by atoms with Crippen LogP contribution in [0.15, 0.2) is 24.3 Å². The second kappa shape index (κ2) is 19.0. The summed E-state index contributed by atoms with van der Waals surface area (Å²) < 4.78 is 53.9. The van der Waals surface area contributed by atoms with Gasteiger partial charge in [-0.25, -0.2) is 4.79 Å². The van der Waals surface area contributed by atoms with Gasteiger partial charge in [0.2, 0.25) is 0 Å². The van der Waals surface area contributed by atoms with Gasteiger partial charge >= 0.3 is 5.97 Å². The summed E-state index contributed by atoms with van der Waals surface area (Å²) in [5.74, 6) is -0.866. The maximum Gasteiger partial charge on any atom is 0.330 e. The van der Waals surface area contributed by atoms with Gasteiger partial charge in [-0.1, -0.05) is 57.7 Å². The van der Waals surface area contributed by atoms with Crippen LogP contribution >= 0.6 is 0 Å². The number of ether oxygens (including phenoxy) is 5. The number of aliphatic hydroxyl groups excluding tert-OH is 1. The molecule has 3 fully saturated rings. The van der Waals surface area contributed by atoms with E-state index in [0.29, 0.717) is 32.5 Å². The van der Waals surface area contributed by atoms with E-state index in [-0.39, 0.29) is 36.5 Å². The van der Waals surface area contributed by atoms with Crippen molar-refractivity contribution < 1.29 is 37.7 Å². The van der Waals surface area contributed by atoms with Gasteiger partial charge in [-0.05, 0) is 76.0 Å². The van der Waals surface area contributed by atoms with Crippen LogP contribution in [0.3, 0.4) is 0 Å². The summed E-state index contributed by atoms with van der Waals surface area (Å²) in [6, 6.07) is 0. The maximum atomic E-state index is 11.3. The lowest BCUT2D eigenvalue weighted by Gasteiger charge is -2.30. The van der Waals surface area contributed by atoms with Crippen LogP contribution in [0, 0.1) is 17.8 Å². The van der Waals surface area contributed by atoms with E-state index in [1.807, 2.05) is 12.2 Å². The predicted molar refractivity (Wildman–Crippen MR) is 157 cm³/mol. The molecule has 3 rings (SSSR count). The fraction of sp³-hybridized carbons (Fsp3) is 0.848. The normalized spacial score (nSPS) is 32.5. The third-order valence-corrected chi connectivity index (χ3v) is 8.40. The summed E-state index contributed by atoms with van der Waals surface area (Å²) in [6.07, 6.45) is 18.3. The number of carbonyl (C=O) groups excluding carboxylic acids is 1. The molecule has 7 heteroatoms. The monoisotopic (exact) mass is 567 g/mol. The number of allylic oxidation sites excluding steroid dienone is 1. The van der Waals surface area contributed by atoms with Gasteiger partial charge in [0.25, 0.3) is 0 Å². The number of rotatable bonds is 17. The first-order chi connectivity index (χ1) is 20.7. The van der Waals surface area contributed by atoms with Crippen LogP contribution in [0.5, 0.6) is 0 Å². The van der Waals surface area contributed by atoms with Crippen molar-refractivity contribution in [3.8, 4) is 0 Å². The third kappa shape index (κ3) is 11.9. The summed E-state index contributed by atoms with van der Waals surface area (Å²) in [5, 5.41) is 11.2. The Morgan fingerprint density at radius 1 is 1.10 bits per heavy atom. The molecule has 1 N–H and O–H groups in total. The fourth-order valence-corrected chi connectivity index (χ4v) is 6.10. The van der Waals surface area contributed by atoms with Gasteiger partial charge in [0, 0.05) is 35.7 Å². The Bertz CT molecular complexity index is 837. The standard InChI is InChI=1S/C33H56O7/c1-4-5-14-25(2)23-26(39-32-17-10-12-21-37-32)19-20-28-27(15-8-6-7-9-16-31(35)36-3)29(34)24-30(28)40-33-18-11-13-22-38-33/h9,16,19-20,25-30,32-34H,4-8,10-15,17-18,21-24H2,1-3H3/b16-9+,20-19+/t25-,26+,27+,28+,29-,30+,32?,33?/m1/s1/i2D3. The highest BCUT2D eigenvalue weighted by atomic mass is 16.7. The summed E-state index contributed by atoms with van der Waals surface area (Å²) in [4.78, 5) is 11.3. The van der Waals surface area contributed by atoms with Crippen LogP contribution in [-0.4, -0.2) is 62.3 Å². The second-order valence-corrected chi connectivity index (χ2v) is 11.7. The summed E-state index contributed by atoms with van der Waals surface area (Å²) in [5.41, 5.74) is 0. The van der Waals surface area contributed by atoms with Gasteiger partial charge in [-0.2, -0.15) is 0 Å². The minimum absolute atomic E-state index is 0.000452. The molecule has 1 aliphatic carbocycles. The molecule has 0 bridgehead atoms. The molecule has 230 valence electrons. The lowest BCUT2D eigenvalue weighted by Crippen LogP contribution is -2.31. The zero-order valence-electron chi connectivity index (χ0n) is 27.8. The minimum atomic E-state index is -2.06. The van der Waals surface area contributed by atoms with E-state index in [2.05, 4.69) is 17.7 Å². The number of hydrogen-bond acceptors (Lipinski definition) is 7. The SMILES string of the molecule is [2H]C([2H])([2H])[C@H](CCCC)C[C@H](/C=C/[C@H]1[C@H](CCCC/C=C/C(=O)OC)[C@H](O)C[C@@H]1OC1CCCCO1)OC1CCCCO1. The zero-order chi connectivity index (χ0) is 31.1. The van der Waals surface area contributed by atoms with Crippen LogP contribution in [0.1, 0.15) is 114 Å². The van der Waals surface area contributed by atoms with E-state index in [9.17, 15) is 9.90 Å². The quantitative estimate of drug-likeness (QED) is 0.0889. The van der Waals surface area contributed by atoms with Gasteiger partial charge in [-0.15, -0.1) is 0 Å². The highest BCUT2D eigenvalue weighted by Gasteiger charge is 2.42. The second-order valence-electron chi connectivity index (χ2n) is 11.7. The van der Waals surface area contributed by atoms with Crippen LogP contribution in [0.4, 0.5) is 0 Å². The molecule has 2 unspecified atom stereocenters. The Labute approximate surface area is 247 Å². The molecule has 40 heavy (non-hydrogen) atoms. The molecule has 2 aliphatic heterocycles. The van der Waals surface area contributed by atoms with Crippen molar-refractivity contribution in [2.24, 2.45) is 17.8 Å². The largest absolute Gasteiger partial charge is 0.466 e. The average molecular weight is 568 g/mol. The van der Waals surface area contributed by atoms with Crippen molar-refractivity contribution in [2.75, 3.05) is 20.3 Å². The molecule has 0 spiro atoms. The maximum absolute atomic E-state index is 11.3. The van der Waals surface area contributed by atoms with Gasteiger partial charge < -0.3 is 28.8 Å². The Hall–Kier alpha value is -1.25. The first-order valence-corrected chi connectivity index (χ1v) is 15.9. The van der Waals surface area contributed by atoms with Crippen molar-refractivity contribution in [1.29, 1.82) is 0 Å². The van der Waals surface area contributed by atoms with Crippen LogP contribution < -0.4 is 0 Å². The smallest absolute Gasteiger partial charge is 0.330 e. The molecule has 2 saturated heterocycles. The molecule has 1 saturated carbocycles. The van der Waals surface area contributed by atoms with Crippen LogP contribution in [-0.2, 0) is 28.5 Å². The topological polar surface area (TPSA) is 83.5 Å². The fourth-order valence-electron chi connectivity index (χ4n) is 6.10. The van der Waals surface area contributed by atoms with Gasteiger partial charge in [-0.3, -0.25) is 0 Å². The first-order valence-electron chi connectivity index (χ1n) is 17.4. The zero-order valence-corrected chi connectivity index (χ0v) is 24.8. The molecule has 7 nitrogen and oxygen atoms in total. The molecule has 0 radical (unpaired) electrons. The number of carbonyl (C=O) groups is 1. The Morgan fingerprint density at radius 3 is 2.55 bits per heavy atom. The molecule has 2 heterocycles. The molecular formula is C33H56O7. The van der Waals surface area contributed by atoms with Gasteiger partial charge in [0.1, 0.15) is 0 Å². The molecular weight excluding hydrogens is 508 g/mol. The first kappa shape index (κ1) is 28.9. The van der Waals surface area contributed by atoms with Crippen molar-refractivity contribution in [3.05, 3.63) is 24.3 Å². The van der Waals surface area contributed by atoms with E-state index < -0.39 is 25.0 Å². The predicted octanol–water partition coefficient (Wildman–Crippen LogP) is 6.87. The van der Waals surface area contributed by atoms with E-state index >= 15 is 0 Å². The van der Waals surface area contributed by atoms with Crippen LogP contribution in [0.2, 0.25) is 0 Å². The number of aliphatic hydroxyl groups is 1. The van der Waals surface area contributed by atoms with E-state index in [0.717, 1.165) is 77.0 Å². The highest BCUT2D eigenvalue weighted by molar-refractivity contribution is 5.81. The highest BCUT2D eigenvalue weighted by Crippen LogP contribution is 2.40. The molecule has 0 aromatic heterocycles. The summed E-state index contributed by atoms with van der Waals surface area (Å²) in [7, 11) is 1.37. The number of unbranched alkanes of at least 4 members (excludes halogenated alkanes) is 3. The summed E-state index contributed by atoms with van der Waals surface area (Å²) in [6.45, 7) is 1.37. The van der Waals surface area contributed by atoms with E-state index in [1.54, 1.807) is 0 Å². The Kier molecular flexibility index (Phi) is 13.7. The number of esters is 1. The molecule has 8 atom stereocenters. The van der Waals surface area contributed by atoms with Crippen molar-refractivity contribution in [2.45, 2.75) is 141 Å². The molecule has 0 amide bonds. The van der Waals surface area contributed by atoms with E-state index in [1.165, 1.54) is 13.2 Å². The molecule has 0 aromatic carbocycles. The number of hydrogen-bond donors (Lipinski definition) is 1. The van der Waals surface area contributed by atoms with Crippen molar-refractivity contribution in [3.63, 3.8) is 0 Å². The lowest BCUT2D eigenvalue weighted by atomic mass is 9.87. The Morgan fingerprint density at radius 2 is 1.88 bits per heavy atom. The van der Waals surface area contributed by atoms with Crippen molar-refractivity contribution >= 4 is 5.97 Å².